The Bertz CT molecular complexity index is 465. The lowest BCUT2D eigenvalue weighted by Gasteiger charge is -2.19. The van der Waals surface area contributed by atoms with Gasteiger partial charge in [0, 0.05) is 6.54 Å². The average Bonchev–Trinajstić information content (AvgIpc) is 2.66. The van der Waals surface area contributed by atoms with Gasteiger partial charge in [-0.2, -0.15) is 8.42 Å². The van der Waals surface area contributed by atoms with Gasteiger partial charge in [0.15, 0.2) is 0 Å². The lowest BCUT2D eigenvalue weighted by atomic mass is 10.2. The highest BCUT2D eigenvalue weighted by Crippen LogP contribution is 2.13. The van der Waals surface area contributed by atoms with Crippen molar-refractivity contribution >= 4 is 10.1 Å². The van der Waals surface area contributed by atoms with E-state index in [2.05, 4.69) is 4.90 Å². The molecule has 1 aliphatic rings. The predicted octanol–water partition coefficient (Wildman–Crippen LogP) is 2.27. The molecular weight excluding hydrogens is 262 g/mol. The van der Waals surface area contributed by atoms with Gasteiger partial charge in [0.05, 0.1) is 5.75 Å². The molecule has 1 aliphatic heterocycles. The molecule has 0 aliphatic carbocycles. The van der Waals surface area contributed by atoms with Gasteiger partial charge in [-0.25, -0.2) is 0 Å². The first kappa shape index (κ1) is 14.3. The third-order valence-electron chi connectivity index (χ3n) is 3.32. The maximum Gasteiger partial charge on any atom is 0.310 e. The van der Waals surface area contributed by atoms with Crippen molar-refractivity contribution in [1.29, 1.82) is 0 Å². The molecule has 0 saturated carbocycles. The van der Waals surface area contributed by atoms with Gasteiger partial charge >= 0.3 is 10.1 Å². The fourth-order valence-corrected chi connectivity index (χ4v) is 3.23. The second-order valence-corrected chi connectivity index (χ2v) is 6.60. The SMILES string of the molecule is O=S(=O)(CCN1CCCCCC1)Oc1ccccc1. The van der Waals surface area contributed by atoms with Gasteiger partial charge < -0.3 is 9.08 Å². The van der Waals surface area contributed by atoms with Crippen LogP contribution >= 0.6 is 0 Å². The van der Waals surface area contributed by atoms with Crippen molar-refractivity contribution in [3.63, 3.8) is 0 Å². The van der Waals surface area contributed by atoms with Crippen LogP contribution in [0.5, 0.6) is 5.75 Å². The van der Waals surface area contributed by atoms with Gasteiger partial charge in [-0.05, 0) is 38.1 Å². The number of hydrogen-bond acceptors (Lipinski definition) is 4. The highest BCUT2D eigenvalue weighted by molar-refractivity contribution is 7.87. The summed E-state index contributed by atoms with van der Waals surface area (Å²) >= 11 is 0. The minimum Gasteiger partial charge on any atom is -0.382 e. The summed E-state index contributed by atoms with van der Waals surface area (Å²) in [6.07, 6.45) is 4.84. The Morgan fingerprint density at radius 2 is 1.63 bits per heavy atom. The van der Waals surface area contributed by atoms with Gasteiger partial charge in [0.1, 0.15) is 5.75 Å². The van der Waals surface area contributed by atoms with Crippen molar-refractivity contribution in [3.05, 3.63) is 30.3 Å². The van der Waals surface area contributed by atoms with Gasteiger partial charge in [-0.3, -0.25) is 0 Å². The van der Waals surface area contributed by atoms with Crippen LogP contribution in [-0.4, -0.2) is 38.7 Å². The van der Waals surface area contributed by atoms with E-state index in [0.717, 1.165) is 13.1 Å². The smallest absolute Gasteiger partial charge is 0.310 e. The maximum absolute atomic E-state index is 11.9. The molecule has 0 spiro atoms. The van der Waals surface area contributed by atoms with Gasteiger partial charge in [-0.15, -0.1) is 0 Å². The molecule has 2 rings (SSSR count). The Kier molecular flexibility index (Phi) is 5.22. The molecule has 0 radical (unpaired) electrons. The number of likely N-dealkylation sites (tertiary alicyclic amines) is 1. The van der Waals surface area contributed by atoms with Crippen LogP contribution in [0.25, 0.3) is 0 Å². The summed E-state index contributed by atoms with van der Waals surface area (Å²) in [5.41, 5.74) is 0. The van der Waals surface area contributed by atoms with E-state index in [4.69, 9.17) is 4.18 Å². The molecule has 1 aromatic rings. The second-order valence-electron chi connectivity index (χ2n) is 4.91. The van der Waals surface area contributed by atoms with Crippen LogP contribution in [0.15, 0.2) is 30.3 Å². The number of para-hydroxylation sites is 1. The molecular formula is C14H21NO3S. The van der Waals surface area contributed by atoms with E-state index in [9.17, 15) is 8.42 Å². The highest BCUT2D eigenvalue weighted by atomic mass is 32.2. The molecule has 4 nitrogen and oxygen atoms in total. The Morgan fingerprint density at radius 3 is 2.26 bits per heavy atom. The highest BCUT2D eigenvalue weighted by Gasteiger charge is 2.16. The standard InChI is InChI=1S/C14H21NO3S/c16-19(17,18-14-8-4-3-5-9-14)13-12-15-10-6-1-2-7-11-15/h3-5,8-9H,1-2,6-7,10-13H2. The van der Waals surface area contributed by atoms with Crippen molar-refractivity contribution in [2.24, 2.45) is 0 Å². The minimum atomic E-state index is -3.49. The zero-order chi connectivity index (χ0) is 13.6. The fourth-order valence-electron chi connectivity index (χ4n) is 2.27. The van der Waals surface area contributed by atoms with Crippen LogP contribution < -0.4 is 4.18 Å². The monoisotopic (exact) mass is 283 g/mol. The molecule has 0 aromatic heterocycles. The first-order valence-corrected chi connectivity index (χ1v) is 8.43. The van der Waals surface area contributed by atoms with E-state index >= 15 is 0 Å². The second kappa shape index (κ2) is 6.91. The summed E-state index contributed by atoms with van der Waals surface area (Å²) in [6.45, 7) is 2.57. The van der Waals surface area contributed by atoms with E-state index in [1.807, 2.05) is 6.07 Å². The summed E-state index contributed by atoms with van der Waals surface area (Å²) in [5, 5.41) is 0. The summed E-state index contributed by atoms with van der Waals surface area (Å²) in [6, 6.07) is 8.67. The lowest BCUT2D eigenvalue weighted by Crippen LogP contribution is -2.31. The van der Waals surface area contributed by atoms with Crippen molar-refractivity contribution in [3.8, 4) is 5.75 Å². The Labute approximate surface area is 115 Å². The molecule has 19 heavy (non-hydrogen) atoms. The van der Waals surface area contributed by atoms with Gasteiger partial charge in [0.25, 0.3) is 0 Å². The number of hydrogen-bond donors (Lipinski definition) is 0. The van der Waals surface area contributed by atoms with E-state index in [1.54, 1.807) is 24.3 Å². The first-order valence-electron chi connectivity index (χ1n) is 6.85. The quantitative estimate of drug-likeness (QED) is 0.778. The Morgan fingerprint density at radius 1 is 1.00 bits per heavy atom. The van der Waals surface area contributed by atoms with Crippen LogP contribution in [0.1, 0.15) is 25.7 Å². The molecule has 0 unspecified atom stereocenters. The van der Waals surface area contributed by atoms with Crippen molar-refractivity contribution in [2.75, 3.05) is 25.4 Å². The van der Waals surface area contributed by atoms with Crippen molar-refractivity contribution < 1.29 is 12.6 Å². The first-order chi connectivity index (χ1) is 9.16. The van der Waals surface area contributed by atoms with Gasteiger partial charge in [0.2, 0.25) is 0 Å². The fraction of sp³-hybridized carbons (Fsp3) is 0.571. The largest absolute Gasteiger partial charge is 0.382 e. The number of nitrogens with zero attached hydrogens (tertiary/aromatic N) is 1. The molecule has 0 amide bonds. The summed E-state index contributed by atoms with van der Waals surface area (Å²) in [7, 11) is -3.49. The average molecular weight is 283 g/mol. The van der Waals surface area contributed by atoms with Gasteiger partial charge in [-0.1, -0.05) is 31.0 Å². The molecule has 0 atom stereocenters. The van der Waals surface area contributed by atoms with E-state index in [1.165, 1.54) is 25.7 Å². The van der Waals surface area contributed by atoms with E-state index < -0.39 is 10.1 Å². The zero-order valence-electron chi connectivity index (χ0n) is 11.1. The molecule has 1 aromatic carbocycles. The zero-order valence-corrected chi connectivity index (χ0v) is 11.9. The molecule has 1 heterocycles. The van der Waals surface area contributed by atoms with Crippen molar-refractivity contribution in [2.45, 2.75) is 25.7 Å². The van der Waals surface area contributed by atoms with Crippen LogP contribution in [0.2, 0.25) is 0 Å². The predicted molar refractivity (Wildman–Crippen MR) is 75.8 cm³/mol. The third kappa shape index (κ3) is 5.20. The van der Waals surface area contributed by atoms with Crippen LogP contribution in [0, 0.1) is 0 Å². The van der Waals surface area contributed by atoms with Crippen LogP contribution in [0.3, 0.4) is 0 Å². The molecule has 106 valence electrons. The minimum absolute atomic E-state index is 0.0574. The summed E-state index contributed by atoms with van der Waals surface area (Å²) in [5.74, 6) is 0.445. The lowest BCUT2D eigenvalue weighted by molar-refractivity contribution is 0.299. The molecule has 0 N–H and O–H groups in total. The van der Waals surface area contributed by atoms with E-state index in [-0.39, 0.29) is 5.75 Å². The molecule has 5 heteroatoms. The summed E-state index contributed by atoms with van der Waals surface area (Å²) < 4.78 is 28.8. The maximum atomic E-state index is 11.9. The Balaban J connectivity index is 1.83. The van der Waals surface area contributed by atoms with Crippen molar-refractivity contribution in [1.82, 2.24) is 4.90 Å². The van der Waals surface area contributed by atoms with E-state index in [0.29, 0.717) is 12.3 Å². The van der Waals surface area contributed by atoms with Crippen LogP contribution in [-0.2, 0) is 10.1 Å². The molecule has 1 fully saturated rings. The normalized spacial score (nSPS) is 17.9. The van der Waals surface area contributed by atoms with Crippen LogP contribution in [0.4, 0.5) is 0 Å². The summed E-state index contributed by atoms with van der Waals surface area (Å²) in [4.78, 5) is 2.22. The topological polar surface area (TPSA) is 46.6 Å². The third-order valence-corrected chi connectivity index (χ3v) is 4.45. The number of rotatable bonds is 5. The number of benzene rings is 1. The molecule has 0 bridgehead atoms. The molecule has 1 saturated heterocycles. The Hall–Kier alpha value is -1.07.